The van der Waals surface area contributed by atoms with Gasteiger partial charge in [0, 0.05) is 19.8 Å². The zero-order valence-corrected chi connectivity index (χ0v) is 13.6. The maximum Gasteiger partial charge on any atom is 0.184 e. The third kappa shape index (κ3) is 3.34. The van der Waals surface area contributed by atoms with E-state index in [1.807, 2.05) is 36.4 Å². The van der Waals surface area contributed by atoms with Gasteiger partial charge in [0.25, 0.3) is 0 Å². The maximum atomic E-state index is 6.16. The standard InChI is InChI=1S/C18H24O5/c1-4-8-13-15(19-2)17(20-3)16-14(22-13)11-21-18(23-16)12-9-6-5-7-10-12/h4-7,9-10,13-18H,1,8,11H2,2-3H3/t13-,14+,15-,16+,17+,18+/m0/s1. The summed E-state index contributed by atoms with van der Waals surface area (Å²) in [6.07, 6.45) is 1.20. The summed E-state index contributed by atoms with van der Waals surface area (Å²) in [4.78, 5) is 0. The summed E-state index contributed by atoms with van der Waals surface area (Å²) >= 11 is 0. The molecule has 2 aliphatic rings. The molecule has 2 heterocycles. The van der Waals surface area contributed by atoms with Crippen LogP contribution in [0.4, 0.5) is 0 Å². The molecule has 0 aliphatic carbocycles. The predicted molar refractivity (Wildman–Crippen MR) is 85.1 cm³/mol. The van der Waals surface area contributed by atoms with Gasteiger partial charge in [0.2, 0.25) is 0 Å². The Labute approximate surface area is 137 Å². The second-order valence-corrected chi connectivity index (χ2v) is 5.81. The molecule has 6 atom stereocenters. The summed E-state index contributed by atoms with van der Waals surface area (Å²) in [5.41, 5.74) is 0.989. The van der Waals surface area contributed by atoms with Crippen molar-refractivity contribution in [3.05, 3.63) is 48.6 Å². The Hall–Kier alpha value is -1.24. The summed E-state index contributed by atoms with van der Waals surface area (Å²) in [5.74, 6) is 0. The quantitative estimate of drug-likeness (QED) is 0.780. The number of benzene rings is 1. The van der Waals surface area contributed by atoms with Gasteiger partial charge in [0.15, 0.2) is 6.29 Å². The molecule has 0 radical (unpaired) electrons. The summed E-state index contributed by atoms with van der Waals surface area (Å²) in [5, 5.41) is 0. The molecular weight excluding hydrogens is 296 g/mol. The van der Waals surface area contributed by atoms with Gasteiger partial charge < -0.3 is 23.7 Å². The van der Waals surface area contributed by atoms with E-state index in [9.17, 15) is 0 Å². The lowest BCUT2D eigenvalue weighted by molar-refractivity contribution is -0.332. The summed E-state index contributed by atoms with van der Waals surface area (Å²) < 4.78 is 29.5. The SMILES string of the molecule is C=CC[C@@H]1O[C@@H]2CO[C@@H](c3ccccc3)O[C@H]2[C@H](OC)[C@H]1OC. The van der Waals surface area contributed by atoms with Crippen LogP contribution in [0.5, 0.6) is 0 Å². The molecule has 0 amide bonds. The van der Waals surface area contributed by atoms with Crippen molar-refractivity contribution in [1.29, 1.82) is 0 Å². The lowest BCUT2D eigenvalue weighted by Gasteiger charge is -2.48. The molecular formula is C18H24O5. The summed E-state index contributed by atoms with van der Waals surface area (Å²) in [7, 11) is 3.35. The fourth-order valence-electron chi connectivity index (χ4n) is 3.35. The molecule has 1 aromatic carbocycles. The van der Waals surface area contributed by atoms with Crippen LogP contribution >= 0.6 is 0 Å². The topological polar surface area (TPSA) is 46.2 Å². The molecule has 5 nitrogen and oxygen atoms in total. The Morgan fingerprint density at radius 1 is 1.13 bits per heavy atom. The average molecular weight is 320 g/mol. The fraction of sp³-hybridized carbons (Fsp3) is 0.556. The van der Waals surface area contributed by atoms with E-state index in [4.69, 9.17) is 23.7 Å². The van der Waals surface area contributed by atoms with Gasteiger partial charge in [0.1, 0.15) is 24.4 Å². The zero-order chi connectivity index (χ0) is 16.2. The van der Waals surface area contributed by atoms with E-state index in [0.717, 1.165) is 5.56 Å². The van der Waals surface area contributed by atoms with Crippen molar-refractivity contribution in [2.24, 2.45) is 0 Å². The molecule has 3 rings (SSSR count). The molecule has 5 heteroatoms. The van der Waals surface area contributed by atoms with Crippen molar-refractivity contribution in [2.45, 2.75) is 43.2 Å². The van der Waals surface area contributed by atoms with Crippen LogP contribution in [0.1, 0.15) is 18.3 Å². The highest BCUT2D eigenvalue weighted by atomic mass is 16.7. The summed E-state index contributed by atoms with van der Waals surface area (Å²) in [6.45, 7) is 4.26. The average Bonchev–Trinajstić information content (AvgIpc) is 2.61. The second-order valence-electron chi connectivity index (χ2n) is 5.81. The van der Waals surface area contributed by atoms with Gasteiger partial charge in [-0.2, -0.15) is 0 Å². The van der Waals surface area contributed by atoms with E-state index in [0.29, 0.717) is 13.0 Å². The second kappa shape index (κ2) is 7.55. The molecule has 0 bridgehead atoms. The number of hydrogen-bond acceptors (Lipinski definition) is 5. The molecule has 2 aliphatic heterocycles. The van der Waals surface area contributed by atoms with Crippen LogP contribution in [-0.4, -0.2) is 51.3 Å². The van der Waals surface area contributed by atoms with E-state index >= 15 is 0 Å². The highest BCUT2D eigenvalue weighted by Gasteiger charge is 2.50. The minimum absolute atomic E-state index is 0.107. The minimum atomic E-state index is -0.410. The number of fused-ring (bicyclic) bond motifs is 1. The lowest BCUT2D eigenvalue weighted by Crippen LogP contribution is -2.62. The molecule has 0 N–H and O–H groups in total. The summed E-state index contributed by atoms with van der Waals surface area (Å²) in [6, 6.07) is 9.89. The molecule has 126 valence electrons. The van der Waals surface area contributed by atoms with Crippen molar-refractivity contribution < 1.29 is 23.7 Å². The van der Waals surface area contributed by atoms with Crippen LogP contribution in [0.3, 0.4) is 0 Å². The normalized spacial score (nSPS) is 37.1. The van der Waals surface area contributed by atoms with Gasteiger partial charge >= 0.3 is 0 Å². The van der Waals surface area contributed by atoms with E-state index < -0.39 is 6.29 Å². The van der Waals surface area contributed by atoms with E-state index in [1.54, 1.807) is 14.2 Å². The molecule has 23 heavy (non-hydrogen) atoms. The zero-order valence-electron chi connectivity index (χ0n) is 13.6. The number of hydrogen-bond donors (Lipinski definition) is 0. The van der Waals surface area contributed by atoms with Crippen molar-refractivity contribution in [2.75, 3.05) is 20.8 Å². The number of ether oxygens (including phenoxy) is 5. The van der Waals surface area contributed by atoms with Crippen LogP contribution in [0.15, 0.2) is 43.0 Å². The van der Waals surface area contributed by atoms with Crippen molar-refractivity contribution in [3.8, 4) is 0 Å². The Kier molecular flexibility index (Phi) is 5.46. The largest absolute Gasteiger partial charge is 0.376 e. The first kappa shape index (κ1) is 16.6. The molecule has 2 fully saturated rings. The first-order valence-electron chi connectivity index (χ1n) is 7.92. The van der Waals surface area contributed by atoms with Gasteiger partial charge in [-0.15, -0.1) is 6.58 Å². The third-order valence-corrected chi connectivity index (χ3v) is 4.44. The highest BCUT2D eigenvalue weighted by Crippen LogP contribution is 2.36. The van der Waals surface area contributed by atoms with Gasteiger partial charge in [-0.05, 0) is 6.42 Å². The number of rotatable bonds is 5. The van der Waals surface area contributed by atoms with Crippen LogP contribution in [-0.2, 0) is 23.7 Å². The smallest absolute Gasteiger partial charge is 0.184 e. The van der Waals surface area contributed by atoms with Crippen LogP contribution in [0, 0.1) is 0 Å². The molecule has 0 aromatic heterocycles. The van der Waals surface area contributed by atoms with Gasteiger partial charge in [-0.1, -0.05) is 36.4 Å². The van der Waals surface area contributed by atoms with E-state index in [1.165, 1.54) is 0 Å². The van der Waals surface area contributed by atoms with Crippen molar-refractivity contribution >= 4 is 0 Å². The van der Waals surface area contributed by atoms with Gasteiger partial charge in [0.05, 0.1) is 12.7 Å². The predicted octanol–water partition coefficient (Wildman–Crippen LogP) is 2.47. The van der Waals surface area contributed by atoms with Crippen LogP contribution < -0.4 is 0 Å². The van der Waals surface area contributed by atoms with Crippen LogP contribution in [0.25, 0.3) is 0 Å². The first-order chi connectivity index (χ1) is 11.3. The number of methoxy groups -OCH3 is 2. The van der Waals surface area contributed by atoms with E-state index in [2.05, 4.69) is 6.58 Å². The van der Waals surface area contributed by atoms with Gasteiger partial charge in [-0.25, -0.2) is 0 Å². The molecule has 1 aromatic rings. The van der Waals surface area contributed by atoms with E-state index in [-0.39, 0.29) is 30.5 Å². The third-order valence-electron chi connectivity index (χ3n) is 4.44. The fourth-order valence-corrected chi connectivity index (χ4v) is 3.35. The molecule has 0 saturated carbocycles. The van der Waals surface area contributed by atoms with Crippen molar-refractivity contribution in [3.63, 3.8) is 0 Å². The Bertz CT molecular complexity index is 505. The van der Waals surface area contributed by atoms with Gasteiger partial charge in [-0.3, -0.25) is 0 Å². The maximum absolute atomic E-state index is 6.16. The molecule has 0 unspecified atom stereocenters. The highest BCUT2D eigenvalue weighted by molar-refractivity contribution is 5.16. The Morgan fingerprint density at radius 3 is 2.52 bits per heavy atom. The minimum Gasteiger partial charge on any atom is -0.376 e. The first-order valence-corrected chi connectivity index (χ1v) is 7.92. The lowest BCUT2D eigenvalue weighted by atomic mass is 9.92. The Morgan fingerprint density at radius 2 is 1.87 bits per heavy atom. The van der Waals surface area contributed by atoms with Crippen LogP contribution in [0.2, 0.25) is 0 Å². The monoisotopic (exact) mass is 320 g/mol. The molecule has 2 saturated heterocycles. The van der Waals surface area contributed by atoms with Crippen molar-refractivity contribution in [1.82, 2.24) is 0 Å². The molecule has 0 spiro atoms. The Balaban J connectivity index is 1.78.